The summed E-state index contributed by atoms with van der Waals surface area (Å²) >= 11 is 5.81. The maximum Gasteiger partial charge on any atom is 0.416 e. The molecule has 0 atom stereocenters. The third-order valence-electron chi connectivity index (χ3n) is 3.91. The van der Waals surface area contributed by atoms with E-state index in [0.29, 0.717) is 9.59 Å². The van der Waals surface area contributed by atoms with E-state index in [4.69, 9.17) is 11.6 Å². The Morgan fingerprint density at radius 3 is 2.38 bits per heavy atom. The van der Waals surface area contributed by atoms with E-state index in [-0.39, 0.29) is 11.4 Å². The first-order chi connectivity index (χ1) is 13.6. The molecular weight excluding hydrogens is 413 g/mol. The molecule has 0 aliphatic rings. The van der Waals surface area contributed by atoms with Gasteiger partial charge in [0.1, 0.15) is 0 Å². The monoisotopic (exact) mass is 424 g/mol. The Balaban J connectivity index is 2.02. The van der Waals surface area contributed by atoms with Gasteiger partial charge in [0, 0.05) is 17.8 Å². The van der Waals surface area contributed by atoms with Crippen LogP contribution < -0.4 is 16.6 Å². The summed E-state index contributed by atoms with van der Waals surface area (Å²) in [7, 11) is 1.15. The number of nitrogens with zero attached hydrogens (tertiary/aromatic N) is 3. The van der Waals surface area contributed by atoms with Gasteiger partial charge < -0.3 is 5.32 Å². The molecule has 3 rings (SSSR count). The summed E-state index contributed by atoms with van der Waals surface area (Å²) in [6.07, 6.45) is -4.60. The predicted molar refractivity (Wildman–Crippen MR) is 99.5 cm³/mol. The van der Waals surface area contributed by atoms with Crippen molar-refractivity contribution in [2.75, 3.05) is 5.32 Å². The van der Waals surface area contributed by atoms with Crippen LogP contribution in [0.3, 0.4) is 0 Å². The van der Waals surface area contributed by atoms with Gasteiger partial charge in [0.05, 0.1) is 11.3 Å². The first-order valence-corrected chi connectivity index (χ1v) is 8.40. The van der Waals surface area contributed by atoms with Gasteiger partial charge in [-0.15, -0.1) is 0 Å². The molecule has 11 heteroatoms. The molecule has 1 aromatic heterocycles. The van der Waals surface area contributed by atoms with Crippen LogP contribution in [0.2, 0.25) is 5.02 Å². The summed E-state index contributed by atoms with van der Waals surface area (Å²) in [4.78, 5) is 37.1. The fourth-order valence-corrected chi connectivity index (χ4v) is 2.56. The largest absolute Gasteiger partial charge is 0.416 e. The quantitative estimate of drug-likeness (QED) is 0.700. The lowest BCUT2D eigenvalue weighted by molar-refractivity contribution is -0.137. The summed E-state index contributed by atoms with van der Waals surface area (Å²) in [6, 6.07) is 9.78. The number of halogens is 4. The molecule has 0 saturated carbocycles. The zero-order valence-corrected chi connectivity index (χ0v) is 15.5. The molecule has 0 bridgehead atoms. The minimum absolute atomic E-state index is 0.182. The number of alkyl halides is 3. The SMILES string of the molecule is Cn1c(=O)c(C(=O)Nc2cccc(C(F)(F)F)c2)nn(-c2ccc(Cl)cc2)c1=O. The van der Waals surface area contributed by atoms with Crippen molar-refractivity contribution in [3.63, 3.8) is 0 Å². The maximum absolute atomic E-state index is 12.8. The van der Waals surface area contributed by atoms with Gasteiger partial charge in [0.25, 0.3) is 11.5 Å². The highest BCUT2D eigenvalue weighted by molar-refractivity contribution is 6.30. The number of carbonyl (C=O) groups excluding carboxylic acids is 1. The molecule has 29 heavy (non-hydrogen) atoms. The van der Waals surface area contributed by atoms with E-state index < -0.39 is 34.6 Å². The van der Waals surface area contributed by atoms with Crippen molar-refractivity contribution in [1.82, 2.24) is 14.3 Å². The number of carbonyl (C=O) groups is 1. The summed E-state index contributed by atoms with van der Waals surface area (Å²) < 4.78 is 40.0. The summed E-state index contributed by atoms with van der Waals surface area (Å²) in [5, 5.41) is 6.39. The average Bonchev–Trinajstić information content (AvgIpc) is 2.67. The second-order valence-corrected chi connectivity index (χ2v) is 6.35. The zero-order chi connectivity index (χ0) is 21.3. The lowest BCUT2D eigenvalue weighted by Gasteiger charge is -2.11. The minimum atomic E-state index is -4.60. The fraction of sp³-hybridized carbons (Fsp3) is 0.111. The van der Waals surface area contributed by atoms with E-state index in [1.165, 1.54) is 30.3 Å². The Morgan fingerprint density at radius 1 is 1.10 bits per heavy atom. The molecule has 150 valence electrons. The summed E-state index contributed by atoms with van der Waals surface area (Å²) in [5.74, 6) is -1.06. The Hall–Kier alpha value is -3.40. The van der Waals surface area contributed by atoms with E-state index >= 15 is 0 Å². The molecule has 2 aromatic carbocycles. The van der Waals surface area contributed by atoms with Crippen LogP contribution >= 0.6 is 11.6 Å². The van der Waals surface area contributed by atoms with Crippen LogP contribution in [0.1, 0.15) is 16.1 Å². The van der Waals surface area contributed by atoms with Gasteiger partial charge >= 0.3 is 11.9 Å². The number of benzene rings is 2. The molecule has 0 unspecified atom stereocenters. The molecule has 1 N–H and O–H groups in total. The molecule has 0 aliphatic heterocycles. The summed E-state index contributed by atoms with van der Waals surface area (Å²) in [6.45, 7) is 0. The molecule has 1 amide bonds. The molecule has 0 radical (unpaired) electrons. The fourth-order valence-electron chi connectivity index (χ4n) is 2.43. The van der Waals surface area contributed by atoms with Crippen molar-refractivity contribution in [1.29, 1.82) is 0 Å². The molecule has 0 aliphatic carbocycles. The summed E-state index contributed by atoms with van der Waals surface area (Å²) in [5.41, 5.74) is -3.39. The number of amides is 1. The van der Waals surface area contributed by atoms with Gasteiger partial charge in [0.15, 0.2) is 0 Å². The van der Waals surface area contributed by atoms with E-state index in [9.17, 15) is 27.6 Å². The van der Waals surface area contributed by atoms with E-state index in [1.807, 2.05) is 0 Å². The van der Waals surface area contributed by atoms with Crippen LogP contribution in [-0.4, -0.2) is 20.3 Å². The second kappa shape index (κ2) is 7.55. The van der Waals surface area contributed by atoms with E-state index in [2.05, 4.69) is 10.4 Å². The highest BCUT2D eigenvalue weighted by Crippen LogP contribution is 2.30. The number of rotatable bonds is 3. The van der Waals surface area contributed by atoms with Crippen LogP contribution in [0, 0.1) is 0 Å². The first-order valence-electron chi connectivity index (χ1n) is 8.03. The Bertz CT molecular complexity index is 1200. The second-order valence-electron chi connectivity index (χ2n) is 5.92. The molecular formula is C18H12ClF3N4O3. The van der Waals surface area contributed by atoms with Crippen LogP contribution in [0.25, 0.3) is 5.69 Å². The molecule has 0 saturated heterocycles. The van der Waals surface area contributed by atoms with Gasteiger partial charge in [-0.05, 0) is 42.5 Å². The molecule has 7 nitrogen and oxygen atoms in total. The first kappa shape index (κ1) is 20.3. The third-order valence-corrected chi connectivity index (χ3v) is 4.16. The highest BCUT2D eigenvalue weighted by Gasteiger charge is 2.30. The zero-order valence-electron chi connectivity index (χ0n) is 14.7. The van der Waals surface area contributed by atoms with Crippen molar-refractivity contribution < 1.29 is 18.0 Å². The molecule has 1 heterocycles. The van der Waals surface area contributed by atoms with Crippen molar-refractivity contribution in [2.24, 2.45) is 7.05 Å². The van der Waals surface area contributed by atoms with Crippen molar-refractivity contribution in [3.05, 3.63) is 85.6 Å². The van der Waals surface area contributed by atoms with Crippen LogP contribution in [0.15, 0.2) is 58.1 Å². The molecule has 0 spiro atoms. The topological polar surface area (TPSA) is 86.0 Å². The lowest BCUT2D eigenvalue weighted by atomic mass is 10.2. The Morgan fingerprint density at radius 2 is 1.76 bits per heavy atom. The van der Waals surface area contributed by atoms with Crippen LogP contribution in [0.5, 0.6) is 0 Å². The average molecular weight is 425 g/mol. The van der Waals surface area contributed by atoms with Crippen molar-refractivity contribution in [2.45, 2.75) is 6.18 Å². The lowest BCUT2D eigenvalue weighted by Crippen LogP contribution is -2.43. The van der Waals surface area contributed by atoms with Crippen molar-refractivity contribution in [3.8, 4) is 5.69 Å². The third kappa shape index (κ3) is 4.21. The maximum atomic E-state index is 12.8. The Labute approximate surface area is 166 Å². The van der Waals surface area contributed by atoms with Gasteiger partial charge in [0.2, 0.25) is 5.69 Å². The van der Waals surface area contributed by atoms with Crippen LogP contribution in [0.4, 0.5) is 18.9 Å². The van der Waals surface area contributed by atoms with Crippen molar-refractivity contribution >= 4 is 23.2 Å². The predicted octanol–water partition coefficient (Wildman–Crippen LogP) is 2.86. The van der Waals surface area contributed by atoms with Gasteiger partial charge in [-0.3, -0.25) is 14.2 Å². The van der Waals surface area contributed by atoms with Gasteiger partial charge in [-0.25, -0.2) is 4.79 Å². The minimum Gasteiger partial charge on any atom is -0.320 e. The van der Waals surface area contributed by atoms with E-state index in [1.54, 1.807) is 0 Å². The number of aromatic nitrogens is 3. The molecule has 3 aromatic rings. The number of hydrogen-bond donors (Lipinski definition) is 1. The normalized spacial score (nSPS) is 11.3. The van der Waals surface area contributed by atoms with Gasteiger partial charge in [-0.1, -0.05) is 17.7 Å². The number of anilines is 1. The smallest absolute Gasteiger partial charge is 0.320 e. The Kier molecular flexibility index (Phi) is 5.29. The number of nitrogens with one attached hydrogen (secondary N) is 1. The number of hydrogen-bond acceptors (Lipinski definition) is 4. The standard InChI is InChI=1S/C18H12ClF3N4O3/c1-25-16(28)14(24-26(17(25)29)13-7-5-11(19)6-8-13)15(27)23-12-4-2-3-10(9-12)18(20,21)22/h2-9H,1H3,(H,23,27). The van der Waals surface area contributed by atoms with Gasteiger partial charge in [-0.2, -0.15) is 23.0 Å². The highest BCUT2D eigenvalue weighted by atomic mass is 35.5. The molecule has 0 fully saturated rings. The van der Waals surface area contributed by atoms with Crippen LogP contribution in [-0.2, 0) is 13.2 Å². The van der Waals surface area contributed by atoms with E-state index in [0.717, 1.165) is 29.9 Å².